The third kappa shape index (κ3) is 5.64. The summed E-state index contributed by atoms with van der Waals surface area (Å²) in [4.78, 5) is 24.0. The van der Waals surface area contributed by atoms with E-state index >= 15 is 0 Å². The molecule has 2 aliphatic rings. The van der Waals surface area contributed by atoms with Gasteiger partial charge in [0, 0.05) is 31.0 Å². The first-order chi connectivity index (χ1) is 10.5. The van der Waals surface area contributed by atoms with Crippen molar-refractivity contribution in [2.45, 2.75) is 70.9 Å². The van der Waals surface area contributed by atoms with E-state index < -0.39 is 0 Å². The molecular weight excluding hydrogens is 314 g/mol. The Bertz CT molecular complexity index is 391. The Morgan fingerprint density at radius 1 is 1.22 bits per heavy atom. The van der Waals surface area contributed by atoms with Crippen LogP contribution in [0.2, 0.25) is 0 Å². The van der Waals surface area contributed by atoms with Crippen LogP contribution in [0.15, 0.2) is 0 Å². The van der Waals surface area contributed by atoms with Gasteiger partial charge in [-0.05, 0) is 50.9 Å². The first-order valence-corrected chi connectivity index (χ1v) is 8.83. The SMILES string of the molecule is CCC(C)NC(=O)CCNC(=O)C1CC2CCCC(C1)C2N.Cl. The van der Waals surface area contributed by atoms with Crippen LogP contribution in [-0.2, 0) is 9.59 Å². The summed E-state index contributed by atoms with van der Waals surface area (Å²) in [6.45, 7) is 4.46. The number of halogens is 1. The number of amides is 2. The monoisotopic (exact) mass is 345 g/mol. The first-order valence-electron chi connectivity index (χ1n) is 8.83. The molecule has 0 heterocycles. The molecule has 2 rings (SSSR count). The van der Waals surface area contributed by atoms with Crippen LogP contribution in [0.3, 0.4) is 0 Å². The van der Waals surface area contributed by atoms with Crippen LogP contribution in [-0.4, -0.2) is 30.4 Å². The van der Waals surface area contributed by atoms with Crippen LogP contribution in [0.1, 0.15) is 58.8 Å². The molecule has 2 bridgehead atoms. The average Bonchev–Trinajstić information content (AvgIpc) is 2.46. The summed E-state index contributed by atoms with van der Waals surface area (Å²) in [5.74, 6) is 1.24. The number of hydrogen-bond acceptors (Lipinski definition) is 3. The molecule has 2 amide bonds. The second kappa shape index (κ2) is 9.48. The third-order valence-corrected chi connectivity index (χ3v) is 5.45. The van der Waals surface area contributed by atoms with Crippen LogP contribution in [0, 0.1) is 17.8 Å². The maximum absolute atomic E-state index is 12.3. The second-order valence-corrected chi connectivity index (χ2v) is 7.11. The molecular formula is C17H32ClN3O2. The summed E-state index contributed by atoms with van der Waals surface area (Å²) in [6, 6.07) is 0.488. The highest BCUT2D eigenvalue weighted by Gasteiger charge is 2.40. The van der Waals surface area contributed by atoms with Crippen molar-refractivity contribution < 1.29 is 9.59 Å². The van der Waals surface area contributed by atoms with E-state index in [-0.39, 0.29) is 36.2 Å². The molecule has 6 heteroatoms. The number of carbonyl (C=O) groups is 2. The average molecular weight is 346 g/mol. The van der Waals surface area contributed by atoms with Gasteiger partial charge in [0.05, 0.1) is 0 Å². The van der Waals surface area contributed by atoms with E-state index in [4.69, 9.17) is 5.73 Å². The molecule has 0 aromatic heterocycles. The highest BCUT2D eigenvalue weighted by atomic mass is 35.5. The van der Waals surface area contributed by atoms with Crippen molar-refractivity contribution in [2.75, 3.05) is 6.54 Å². The lowest BCUT2D eigenvalue weighted by Crippen LogP contribution is -2.49. The minimum Gasteiger partial charge on any atom is -0.355 e. The van der Waals surface area contributed by atoms with Gasteiger partial charge in [-0.1, -0.05) is 13.3 Å². The lowest BCUT2D eigenvalue weighted by Gasteiger charge is -2.43. The molecule has 23 heavy (non-hydrogen) atoms. The largest absolute Gasteiger partial charge is 0.355 e. The van der Waals surface area contributed by atoms with E-state index in [0.717, 1.165) is 19.3 Å². The molecule has 5 nitrogen and oxygen atoms in total. The van der Waals surface area contributed by atoms with Gasteiger partial charge in [-0.3, -0.25) is 9.59 Å². The van der Waals surface area contributed by atoms with Gasteiger partial charge in [0.2, 0.25) is 11.8 Å². The number of nitrogens with one attached hydrogen (secondary N) is 2. The topological polar surface area (TPSA) is 84.2 Å². The first kappa shape index (κ1) is 20.2. The number of rotatable bonds is 6. The lowest BCUT2D eigenvalue weighted by molar-refractivity contribution is -0.128. The standard InChI is InChI=1S/C17H31N3O2.ClH/c1-3-11(2)20-15(21)7-8-19-17(22)14-9-12-5-4-6-13(10-14)16(12)18;/h11-14,16H,3-10,18H2,1-2H3,(H,19,22)(H,20,21);1H. The normalized spacial score (nSPS) is 30.7. The Morgan fingerprint density at radius 2 is 1.83 bits per heavy atom. The minimum absolute atomic E-state index is 0. The molecule has 0 saturated heterocycles. The van der Waals surface area contributed by atoms with Gasteiger partial charge in [0.25, 0.3) is 0 Å². The van der Waals surface area contributed by atoms with Gasteiger partial charge < -0.3 is 16.4 Å². The van der Waals surface area contributed by atoms with Gasteiger partial charge in [-0.15, -0.1) is 12.4 Å². The van der Waals surface area contributed by atoms with Crippen LogP contribution < -0.4 is 16.4 Å². The maximum Gasteiger partial charge on any atom is 0.223 e. The number of fused-ring (bicyclic) bond motifs is 2. The fraction of sp³-hybridized carbons (Fsp3) is 0.882. The minimum atomic E-state index is 0. The predicted octanol–water partition coefficient (Wildman–Crippen LogP) is 1.98. The van der Waals surface area contributed by atoms with E-state index in [1.54, 1.807) is 0 Å². The summed E-state index contributed by atoms with van der Waals surface area (Å²) in [5.41, 5.74) is 6.26. The molecule has 4 N–H and O–H groups in total. The molecule has 0 aliphatic heterocycles. The van der Waals surface area contributed by atoms with Crippen LogP contribution in [0.4, 0.5) is 0 Å². The highest BCUT2D eigenvalue weighted by Crippen LogP contribution is 2.41. The summed E-state index contributed by atoms with van der Waals surface area (Å²) in [7, 11) is 0. The molecule has 2 aliphatic carbocycles. The van der Waals surface area contributed by atoms with Gasteiger partial charge in [-0.2, -0.15) is 0 Å². The molecule has 0 spiro atoms. The Kier molecular flexibility index (Phi) is 8.34. The van der Waals surface area contributed by atoms with Crippen molar-refractivity contribution >= 4 is 24.2 Å². The zero-order chi connectivity index (χ0) is 16.1. The molecule has 0 aromatic carbocycles. The lowest BCUT2D eigenvalue weighted by atomic mass is 9.65. The van der Waals surface area contributed by atoms with Crippen molar-refractivity contribution in [2.24, 2.45) is 23.5 Å². The maximum atomic E-state index is 12.3. The van der Waals surface area contributed by atoms with E-state index in [2.05, 4.69) is 10.6 Å². The molecule has 2 saturated carbocycles. The van der Waals surface area contributed by atoms with Crippen LogP contribution in [0.25, 0.3) is 0 Å². The molecule has 3 atom stereocenters. The summed E-state index contributed by atoms with van der Waals surface area (Å²) in [5, 5.41) is 5.85. The molecule has 0 aromatic rings. The van der Waals surface area contributed by atoms with Crippen molar-refractivity contribution in [1.29, 1.82) is 0 Å². The van der Waals surface area contributed by atoms with Crippen molar-refractivity contribution in [3.05, 3.63) is 0 Å². The smallest absolute Gasteiger partial charge is 0.223 e. The predicted molar refractivity (Wildman–Crippen MR) is 94.3 cm³/mol. The Hall–Kier alpha value is -0.810. The van der Waals surface area contributed by atoms with Crippen molar-refractivity contribution in [3.63, 3.8) is 0 Å². The Labute approximate surface area is 145 Å². The van der Waals surface area contributed by atoms with Gasteiger partial charge in [0.15, 0.2) is 0 Å². The molecule has 3 unspecified atom stereocenters. The Balaban J connectivity index is 0.00000264. The van der Waals surface area contributed by atoms with E-state index in [0.29, 0.717) is 30.8 Å². The summed E-state index contributed by atoms with van der Waals surface area (Å²) in [6.07, 6.45) is 6.70. The molecule has 134 valence electrons. The van der Waals surface area contributed by atoms with Crippen molar-refractivity contribution in [1.82, 2.24) is 10.6 Å². The fourth-order valence-corrected chi connectivity index (χ4v) is 3.90. The molecule has 0 radical (unpaired) electrons. The van der Waals surface area contributed by atoms with Crippen molar-refractivity contribution in [3.8, 4) is 0 Å². The third-order valence-electron chi connectivity index (χ3n) is 5.45. The zero-order valence-corrected chi connectivity index (χ0v) is 15.2. The summed E-state index contributed by atoms with van der Waals surface area (Å²) < 4.78 is 0. The fourth-order valence-electron chi connectivity index (χ4n) is 3.90. The quantitative estimate of drug-likeness (QED) is 0.688. The van der Waals surface area contributed by atoms with Gasteiger partial charge in [-0.25, -0.2) is 0 Å². The van der Waals surface area contributed by atoms with E-state index in [1.165, 1.54) is 19.3 Å². The second-order valence-electron chi connectivity index (χ2n) is 7.11. The van der Waals surface area contributed by atoms with Gasteiger partial charge in [0.1, 0.15) is 0 Å². The van der Waals surface area contributed by atoms with E-state index in [9.17, 15) is 9.59 Å². The van der Waals surface area contributed by atoms with E-state index in [1.807, 2.05) is 13.8 Å². The zero-order valence-electron chi connectivity index (χ0n) is 14.3. The number of hydrogen-bond donors (Lipinski definition) is 3. The highest BCUT2D eigenvalue weighted by molar-refractivity contribution is 5.85. The number of nitrogens with two attached hydrogens (primary N) is 1. The Morgan fingerprint density at radius 3 is 2.39 bits per heavy atom. The molecule has 2 fully saturated rings. The van der Waals surface area contributed by atoms with Gasteiger partial charge >= 0.3 is 0 Å². The number of carbonyl (C=O) groups excluding carboxylic acids is 2. The summed E-state index contributed by atoms with van der Waals surface area (Å²) >= 11 is 0. The van der Waals surface area contributed by atoms with Crippen LogP contribution >= 0.6 is 12.4 Å². The van der Waals surface area contributed by atoms with Crippen LogP contribution in [0.5, 0.6) is 0 Å².